The number of halogens is 1. The molecule has 0 aliphatic heterocycles. The van der Waals surface area contributed by atoms with Crippen LogP contribution in [-0.2, 0) is 11.2 Å². The standard InChI is InChI=1S/C17H16ClN3O3/c1-2-16(13-5-7-14(18)8-6-13)19-20-17(22)11-12-3-9-15(10-4-12)21(23)24/h3-10H,2,11H2,1H3,(H,20,22)/b19-16-. The van der Waals surface area contributed by atoms with Gasteiger partial charge in [-0.05, 0) is 29.7 Å². The van der Waals surface area contributed by atoms with Gasteiger partial charge in [0.25, 0.3) is 5.69 Å². The maximum atomic E-state index is 12.0. The Morgan fingerprint density at radius 1 is 1.17 bits per heavy atom. The highest BCUT2D eigenvalue weighted by atomic mass is 35.5. The number of non-ortho nitro benzene ring substituents is 1. The number of nitro benzene ring substituents is 1. The summed E-state index contributed by atoms with van der Waals surface area (Å²) in [6.45, 7) is 1.94. The van der Waals surface area contributed by atoms with Gasteiger partial charge in [0.15, 0.2) is 0 Å². The molecule has 0 saturated heterocycles. The van der Waals surface area contributed by atoms with E-state index in [1.165, 1.54) is 12.1 Å². The number of nitrogens with zero attached hydrogens (tertiary/aromatic N) is 2. The summed E-state index contributed by atoms with van der Waals surface area (Å²) in [5.74, 6) is -0.288. The van der Waals surface area contributed by atoms with Gasteiger partial charge in [0.2, 0.25) is 5.91 Å². The van der Waals surface area contributed by atoms with Crippen LogP contribution >= 0.6 is 11.6 Å². The average molecular weight is 346 g/mol. The van der Waals surface area contributed by atoms with Crippen LogP contribution in [0.5, 0.6) is 0 Å². The van der Waals surface area contributed by atoms with Crippen LogP contribution in [0.25, 0.3) is 0 Å². The molecule has 0 aromatic heterocycles. The van der Waals surface area contributed by atoms with Gasteiger partial charge in [0.1, 0.15) is 0 Å². The number of benzene rings is 2. The fourth-order valence-corrected chi connectivity index (χ4v) is 2.21. The Balaban J connectivity index is 2.00. The van der Waals surface area contributed by atoms with Crippen molar-refractivity contribution >= 4 is 28.9 Å². The first kappa shape index (κ1) is 17.6. The molecule has 2 aromatic carbocycles. The Morgan fingerprint density at radius 3 is 2.33 bits per heavy atom. The van der Waals surface area contributed by atoms with Crippen LogP contribution in [0, 0.1) is 10.1 Å². The molecule has 2 rings (SSSR count). The zero-order chi connectivity index (χ0) is 17.5. The van der Waals surface area contributed by atoms with Gasteiger partial charge in [-0.15, -0.1) is 0 Å². The van der Waals surface area contributed by atoms with Gasteiger partial charge in [0.05, 0.1) is 17.1 Å². The van der Waals surface area contributed by atoms with E-state index in [9.17, 15) is 14.9 Å². The summed E-state index contributed by atoms with van der Waals surface area (Å²) >= 11 is 5.86. The second-order valence-electron chi connectivity index (χ2n) is 5.05. The molecule has 0 fully saturated rings. The molecule has 1 amide bonds. The summed E-state index contributed by atoms with van der Waals surface area (Å²) in [6.07, 6.45) is 0.749. The lowest BCUT2D eigenvalue weighted by Gasteiger charge is -2.06. The molecular formula is C17H16ClN3O3. The van der Waals surface area contributed by atoms with E-state index in [0.717, 1.165) is 11.3 Å². The van der Waals surface area contributed by atoms with Gasteiger partial charge in [-0.25, -0.2) is 5.43 Å². The third kappa shape index (κ3) is 4.89. The summed E-state index contributed by atoms with van der Waals surface area (Å²) in [6, 6.07) is 13.1. The van der Waals surface area contributed by atoms with Crippen LogP contribution in [0.1, 0.15) is 24.5 Å². The van der Waals surface area contributed by atoms with E-state index in [1.807, 2.05) is 19.1 Å². The molecule has 1 N–H and O–H groups in total. The highest BCUT2D eigenvalue weighted by Crippen LogP contribution is 2.13. The smallest absolute Gasteiger partial charge is 0.269 e. The molecule has 6 nitrogen and oxygen atoms in total. The predicted octanol–water partition coefficient (Wildman–Crippen LogP) is 3.72. The van der Waals surface area contributed by atoms with Crippen molar-refractivity contribution in [2.24, 2.45) is 5.10 Å². The lowest BCUT2D eigenvalue weighted by atomic mass is 10.1. The van der Waals surface area contributed by atoms with Crippen LogP contribution in [0.3, 0.4) is 0 Å². The zero-order valence-corrected chi connectivity index (χ0v) is 13.8. The summed E-state index contributed by atoms with van der Waals surface area (Å²) in [5.41, 5.74) is 4.81. The van der Waals surface area contributed by atoms with E-state index in [2.05, 4.69) is 10.5 Å². The van der Waals surface area contributed by atoms with Crippen LogP contribution in [0.4, 0.5) is 5.69 Å². The Morgan fingerprint density at radius 2 is 1.79 bits per heavy atom. The molecule has 0 aliphatic carbocycles. The lowest BCUT2D eigenvalue weighted by molar-refractivity contribution is -0.384. The van der Waals surface area contributed by atoms with Crippen molar-refractivity contribution in [3.63, 3.8) is 0 Å². The third-order valence-electron chi connectivity index (χ3n) is 3.34. The molecule has 0 bridgehead atoms. The molecule has 0 unspecified atom stereocenters. The fraction of sp³-hybridized carbons (Fsp3) is 0.176. The maximum absolute atomic E-state index is 12.0. The molecular weight excluding hydrogens is 330 g/mol. The van der Waals surface area contributed by atoms with Gasteiger partial charge in [0, 0.05) is 17.2 Å². The first-order valence-corrected chi connectivity index (χ1v) is 7.72. The third-order valence-corrected chi connectivity index (χ3v) is 3.59. The summed E-state index contributed by atoms with van der Waals surface area (Å²) in [5, 5.41) is 15.4. The van der Waals surface area contributed by atoms with E-state index in [0.29, 0.717) is 17.0 Å². The van der Waals surface area contributed by atoms with Crippen LogP contribution in [-0.4, -0.2) is 16.5 Å². The first-order valence-electron chi connectivity index (χ1n) is 7.34. The number of rotatable bonds is 6. The number of carbonyl (C=O) groups excluding carboxylic acids is 1. The highest BCUT2D eigenvalue weighted by molar-refractivity contribution is 6.30. The van der Waals surface area contributed by atoms with Crippen molar-refractivity contribution < 1.29 is 9.72 Å². The van der Waals surface area contributed by atoms with E-state index in [1.54, 1.807) is 24.3 Å². The predicted molar refractivity (Wildman–Crippen MR) is 93.2 cm³/mol. The molecule has 124 valence electrons. The Bertz CT molecular complexity index is 756. The highest BCUT2D eigenvalue weighted by Gasteiger charge is 2.08. The molecule has 7 heteroatoms. The van der Waals surface area contributed by atoms with Crippen LogP contribution in [0.15, 0.2) is 53.6 Å². The minimum absolute atomic E-state index is 0.00631. The summed E-state index contributed by atoms with van der Waals surface area (Å²) < 4.78 is 0. The van der Waals surface area contributed by atoms with E-state index < -0.39 is 4.92 Å². The van der Waals surface area contributed by atoms with Crippen molar-refractivity contribution in [1.29, 1.82) is 0 Å². The first-order chi connectivity index (χ1) is 11.5. The quantitative estimate of drug-likeness (QED) is 0.492. The van der Waals surface area contributed by atoms with Crippen molar-refractivity contribution in [2.75, 3.05) is 0 Å². The monoisotopic (exact) mass is 345 g/mol. The molecule has 0 atom stereocenters. The number of nitrogens with one attached hydrogen (secondary N) is 1. The summed E-state index contributed by atoms with van der Waals surface area (Å²) in [4.78, 5) is 22.1. The maximum Gasteiger partial charge on any atom is 0.269 e. The minimum Gasteiger partial charge on any atom is -0.273 e. The molecule has 0 heterocycles. The molecule has 0 aliphatic rings. The lowest BCUT2D eigenvalue weighted by Crippen LogP contribution is -2.21. The van der Waals surface area contributed by atoms with Crippen LogP contribution < -0.4 is 5.43 Å². The number of amides is 1. The number of nitro groups is 1. The number of hydrazone groups is 1. The largest absolute Gasteiger partial charge is 0.273 e. The Hall–Kier alpha value is -2.73. The average Bonchev–Trinajstić information content (AvgIpc) is 2.57. The molecule has 24 heavy (non-hydrogen) atoms. The van der Waals surface area contributed by atoms with Crippen molar-refractivity contribution in [3.8, 4) is 0 Å². The van der Waals surface area contributed by atoms with Crippen molar-refractivity contribution in [1.82, 2.24) is 5.43 Å². The second kappa shape index (κ2) is 8.21. The van der Waals surface area contributed by atoms with E-state index in [-0.39, 0.29) is 18.0 Å². The van der Waals surface area contributed by atoms with E-state index in [4.69, 9.17) is 11.6 Å². The molecule has 0 saturated carbocycles. The fourth-order valence-electron chi connectivity index (χ4n) is 2.08. The van der Waals surface area contributed by atoms with Gasteiger partial charge in [-0.1, -0.05) is 42.8 Å². The second-order valence-corrected chi connectivity index (χ2v) is 5.49. The van der Waals surface area contributed by atoms with Crippen LogP contribution in [0.2, 0.25) is 5.02 Å². The van der Waals surface area contributed by atoms with Gasteiger partial charge < -0.3 is 0 Å². The van der Waals surface area contributed by atoms with Crippen molar-refractivity contribution in [2.45, 2.75) is 19.8 Å². The Labute approximate surface area is 144 Å². The van der Waals surface area contributed by atoms with Gasteiger partial charge >= 0.3 is 0 Å². The SMILES string of the molecule is CC/C(=N/NC(=O)Cc1ccc([N+](=O)[O-])cc1)c1ccc(Cl)cc1. The Kier molecular flexibility index (Phi) is 6.03. The zero-order valence-electron chi connectivity index (χ0n) is 13.0. The van der Waals surface area contributed by atoms with Gasteiger partial charge in [-0.3, -0.25) is 14.9 Å². The molecule has 0 spiro atoms. The normalized spacial score (nSPS) is 11.2. The number of hydrogen-bond donors (Lipinski definition) is 1. The topological polar surface area (TPSA) is 84.6 Å². The van der Waals surface area contributed by atoms with Gasteiger partial charge in [-0.2, -0.15) is 5.10 Å². The number of hydrogen-bond acceptors (Lipinski definition) is 4. The summed E-state index contributed by atoms with van der Waals surface area (Å²) in [7, 11) is 0. The number of carbonyl (C=O) groups is 1. The van der Waals surface area contributed by atoms with Crippen molar-refractivity contribution in [3.05, 3.63) is 74.8 Å². The minimum atomic E-state index is -0.478. The molecule has 0 radical (unpaired) electrons. The van der Waals surface area contributed by atoms with E-state index >= 15 is 0 Å². The molecule has 2 aromatic rings.